The molecule has 6 heteroatoms. The summed E-state index contributed by atoms with van der Waals surface area (Å²) in [6.45, 7) is 6.04. The molecule has 1 rings (SSSR count). The lowest BCUT2D eigenvalue weighted by Gasteiger charge is -2.25. The van der Waals surface area contributed by atoms with E-state index in [0.29, 0.717) is 12.1 Å². The minimum absolute atomic E-state index is 0.0459. The number of hydrogen-bond donors (Lipinski definition) is 3. The predicted octanol–water partition coefficient (Wildman–Crippen LogP) is 3.15. The van der Waals surface area contributed by atoms with E-state index in [0.717, 1.165) is 0 Å². The van der Waals surface area contributed by atoms with Crippen LogP contribution in [0, 0.1) is 5.41 Å². The highest BCUT2D eigenvalue weighted by molar-refractivity contribution is 7.08. The molecule has 1 aromatic rings. The van der Waals surface area contributed by atoms with Gasteiger partial charge >= 0.3 is 12.0 Å². The van der Waals surface area contributed by atoms with E-state index in [1.165, 1.54) is 11.3 Å². The Labute approximate surface area is 117 Å². The van der Waals surface area contributed by atoms with Crippen LogP contribution in [0.4, 0.5) is 10.5 Å². The Bertz CT molecular complexity index is 424. The van der Waals surface area contributed by atoms with Gasteiger partial charge in [-0.05, 0) is 23.3 Å². The third-order valence-corrected chi connectivity index (χ3v) is 3.08. The van der Waals surface area contributed by atoms with Crippen LogP contribution in [-0.2, 0) is 4.79 Å². The number of nitrogens with one attached hydrogen (secondary N) is 2. The maximum absolute atomic E-state index is 11.8. The normalized spacial score (nSPS) is 12.8. The number of hydrogen-bond acceptors (Lipinski definition) is 3. The maximum atomic E-state index is 11.8. The molecule has 0 fully saturated rings. The van der Waals surface area contributed by atoms with Crippen LogP contribution in [0.25, 0.3) is 0 Å². The number of rotatable bonds is 5. The smallest absolute Gasteiger partial charge is 0.319 e. The first-order valence-electron chi connectivity index (χ1n) is 6.08. The maximum Gasteiger partial charge on any atom is 0.319 e. The van der Waals surface area contributed by atoms with Gasteiger partial charge in [-0.25, -0.2) is 4.79 Å². The predicted molar refractivity (Wildman–Crippen MR) is 76.6 cm³/mol. The van der Waals surface area contributed by atoms with E-state index in [2.05, 4.69) is 10.6 Å². The van der Waals surface area contributed by atoms with Gasteiger partial charge in [-0.1, -0.05) is 20.8 Å². The summed E-state index contributed by atoms with van der Waals surface area (Å²) in [4.78, 5) is 22.6. The molecule has 0 aliphatic carbocycles. The summed E-state index contributed by atoms with van der Waals surface area (Å²) >= 11 is 1.48. The molecule has 0 saturated carbocycles. The molecule has 5 nitrogen and oxygen atoms in total. The van der Waals surface area contributed by atoms with Crippen LogP contribution in [0.15, 0.2) is 16.8 Å². The molecule has 1 aromatic heterocycles. The molecule has 1 atom stereocenters. The summed E-state index contributed by atoms with van der Waals surface area (Å²) in [5, 5.41) is 18.0. The number of carboxylic acid groups (broad SMARTS) is 1. The van der Waals surface area contributed by atoms with Crippen molar-refractivity contribution >= 4 is 29.0 Å². The van der Waals surface area contributed by atoms with Crippen molar-refractivity contribution in [1.82, 2.24) is 5.32 Å². The summed E-state index contributed by atoms with van der Waals surface area (Å²) in [6.07, 6.45) is 0.532. The van der Waals surface area contributed by atoms with Crippen LogP contribution in [0.3, 0.4) is 0 Å². The van der Waals surface area contributed by atoms with Crippen molar-refractivity contribution in [2.24, 2.45) is 5.41 Å². The van der Waals surface area contributed by atoms with Gasteiger partial charge in [-0.15, -0.1) is 0 Å². The van der Waals surface area contributed by atoms with Gasteiger partial charge in [0.1, 0.15) is 0 Å². The highest BCUT2D eigenvalue weighted by atomic mass is 32.1. The van der Waals surface area contributed by atoms with Crippen molar-refractivity contribution in [3.63, 3.8) is 0 Å². The first-order chi connectivity index (χ1) is 8.76. The molecule has 106 valence electrons. The summed E-state index contributed by atoms with van der Waals surface area (Å²) in [6, 6.07) is 1.05. The van der Waals surface area contributed by atoms with E-state index in [9.17, 15) is 9.59 Å². The molecular formula is C13H20N2O3S. The zero-order valence-corrected chi connectivity index (χ0v) is 12.2. The molecule has 0 bridgehead atoms. The Morgan fingerprint density at radius 1 is 1.42 bits per heavy atom. The fourth-order valence-electron chi connectivity index (χ4n) is 1.81. The second-order valence-corrected chi connectivity index (χ2v) is 6.45. The molecule has 19 heavy (non-hydrogen) atoms. The fraction of sp³-hybridized carbons (Fsp3) is 0.538. The summed E-state index contributed by atoms with van der Waals surface area (Å²) < 4.78 is 0. The number of carbonyl (C=O) groups excluding carboxylic acids is 1. The first kappa shape index (κ1) is 15.5. The zero-order valence-electron chi connectivity index (χ0n) is 11.4. The van der Waals surface area contributed by atoms with Crippen molar-refractivity contribution < 1.29 is 14.7 Å². The van der Waals surface area contributed by atoms with Gasteiger partial charge in [0.15, 0.2) is 0 Å². The number of aliphatic carboxylic acids is 1. The molecule has 0 aliphatic heterocycles. The van der Waals surface area contributed by atoms with Crippen LogP contribution in [-0.4, -0.2) is 23.1 Å². The second-order valence-electron chi connectivity index (χ2n) is 5.67. The molecular weight excluding hydrogens is 264 g/mol. The number of carboxylic acids is 1. The lowest BCUT2D eigenvalue weighted by atomic mass is 9.87. The largest absolute Gasteiger partial charge is 0.481 e. The first-order valence-corrected chi connectivity index (χ1v) is 7.02. The van der Waals surface area contributed by atoms with Gasteiger partial charge in [0.2, 0.25) is 0 Å². The van der Waals surface area contributed by atoms with Crippen molar-refractivity contribution in [1.29, 1.82) is 0 Å². The lowest BCUT2D eigenvalue weighted by Crippen LogP contribution is -2.41. The summed E-state index contributed by atoms with van der Waals surface area (Å²) in [5.41, 5.74) is 0.669. The topological polar surface area (TPSA) is 78.4 Å². The highest BCUT2D eigenvalue weighted by Crippen LogP contribution is 2.22. The average molecular weight is 284 g/mol. The minimum Gasteiger partial charge on any atom is -0.481 e. The average Bonchev–Trinajstić information content (AvgIpc) is 2.65. The molecule has 0 aliphatic rings. The van der Waals surface area contributed by atoms with E-state index in [1.54, 1.807) is 6.07 Å². The Hall–Kier alpha value is -1.56. The standard InChI is InChI=1S/C13H20N2O3S/c1-13(2,3)7-10(6-11(16)17)15-12(18)14-9-4-5-19-8-9/h4-5,8,10H,6-7H2,1-3H3,(H,16,17)(H2,14,15,18). The van der Waals surface area contributed by atoms with Crippen molar-refractivity contribution in [3.8, 4) is 0 Å². The summed E-state index contributed by atoms with van der Waals surface area (Å²) in [5.74, 6) is -0.912. The third kappa shape index (κ3) is 6.81. The molecule has 0 radical (unpaired) electrons. The monoisotopic (exact) mass is 284 g/mol. The van der Waals surface area contributed by atoms with Crippen LogP contribution in [0.2, 0.25) is 0 Å². The van der Waals surface area contributed by atoms with Gasteiger partial charge in [0.25, 0.3) is 0 Å². The fourth-order valence-corrected chi connectivity index (χ4v) is 2.40. The van der Waals surface area contributed by atoms with Crippen LogP contribution in [0.1, 0.15) is 33.6 Å². The molecule has 0 spiro atoms. The Kier molecular flexibility index (Phi) is 5.35. The van der Waals surface area contributed by atoms with E-state index >= 15 is 0 Å². The SMILES string of the molecule is CC(C)(C)CC(CC(=O)O)NC(=O)Nc1ccsc1. The molecule has 1 heterocycles. The molecule has 0 saturated heterocycles. The number of carbonyl (C=O) groups is 2. The lowest BCUT2D eigenvalue weighted by molar-refractivity contribution is -0.137. The number of thiophene rings is 1. The van der Waals surface area contributed by atoms with Gasteiger partial charge in [-0.3, -0.25) is 4.79 Å². The highest BCUT2D eigenvalue weighted by Gasteiger charge is 2.22. The van der Waals surface area contributed by atoms with Gasteiger partial charge in [-0.2, -0.15) is 11.3 Å². The van der Waals surface area contributed by atoms with Gasteiger partial charge < -0.3 is 15.7 Å². The van der Waals surface area contributed by atoms with E-state index in [1.807, 2.05) is 31.5 Å². The van der Waals surface area contributed by atoms with Crippen molar-refractivity contribution in [2.75, 3.05) is 5.32 Å². The van der Waals surface area contributed by atoms with Gasteiger partial charge in [0, 0.05) is 11.4 Å². The van der Waals surface area contributed by atoms with E-state index in [4.69, 9.17) is 5.11 Å². The van der Waals surface area contributed by atoms with Crippen LogP contribution >= 0.6 is 11.3 Å². The number of urea groups is 1. The van der Waals surface area contributed by atoms with Crippen molar-refractivity contribution in [3.05, 3.63) is 16.8 Å². The van der Waals surface area contributed by atoms with Crippen molar-refractivity contribution in [2.45, 2.75) is 39.7 Å². The van der Waals surface area contributed by atoms with Gasteiger partial charge in [0.05, 0.1) is 12.1 Å². The number of anilines is 1. The summed E-state index contributed by atoms with van der Waals surface area (Å²) in [7, 11) is 0. The molecule has 3 N–H and O–H groups in total. The molecule has 0 aromatic carbocycles. The second kappa shape index (κ2) is 6.56. The Morgan fingerprint density at radius 3 is 2.58 bits per heavy atom. The Morgan fingerprint density at radius 2 is 2.11 bits per heavy atom. The minimum atomic E-state index is -0.912. The zero-order chi connectivity index (χ0) is 14.5. The third-order valence-electron chi connectivity index (χ3n) is 2.39. The number of amides is 2. The van der Waals surface area contributed by atoms with Crippen LogP contribution in [0.5, 0.6) is 0 Å². The Balaban J connectivity index is 2.55. The molecule has 1 unspecified atom stereocenters. The van der Waals surface area contributed by atoms with E-state index < -0.39 is 5.97 Å². The van der Waals surface area contributed by atoms with Crippen LogP contribution < -0.4 is 10.6 Å². The quantitative estimate of drug-likeness (QED) is 0.777. The van der Waals surface area contributed by atoms with E-state index in [-0.39, 0.29) is 23.9 Å². The molecule has 2 amide bonds.